The molecule has 2 heterocycles. The Morgan fingerprint density at radius 3 is 2.74 bits per heavy atom. The summed E-state index contributed by atoms with van der Waals surface area (Å²) in [5, 5.41) is 14.6. The predicted octanol–water partition coefficient (Wildman–Crippen LogP) is 3.26. The van der Waals surface area contributed by atoms with Crippen LogP contribution in [0.3, 0.4) is 0 Å². The first-order chi connectivity index (χ1) is 13.1. The number of hydrogen-bond donors (Lipinski definition) is 2. The molecule has 0 aliphatic rings. The molecule has 8 nitrogen and oxygen atoms in total. The minimum atomic E-state index is -0.420. The number of furan rings is 1. The van der Waals surface area contributed by atoms with Crippen molar-refractivity contribution in [1.82, 2.24) is 10.2 Å². The molecule has 0 radical (unpaired) electrons. The zero-order valence-electron chi connectivity index (χ0n) is 14.3. The van der Waals surface area contributed by atoms with Gasteiger partial charge in [0.15, 0.2) is 4.34 Å². The van der Waals surface area contributed by atoms with Crippen molar-refractivity contribution in [2.45, 2.75) is 10.9 Å². The molecule has 2 aromatic heterocycles. The minimum absolute atomic E-state index is 0.175. The Bertz CT molecular complexity index is 894. The number of carbonyl (C=O) groups is 2. The Morgan fingerprint density at radius 2 is 2.04 bits per heavy atom. The lowest BCUT2D eigenvalue weighted by atomic mass is 10.2. The number of nitrogens with one attached hydrogen (secondary N) is 2. The van der Waals surface area contributed by atoms with E-state index in [9.17, 15) is 9.59 Å². The third-order valence-corrected chi connectivity index (χ3v) is 5.33. The fourth-order valence-corrected chi connectivity index (χ4v) is 3.59. The number of hydrogen-bond acceptors (Lipinski definition) is 9. The summed E-state index contributed by atoms with van der Waals surface area (Å²) in [6, 6.07) is 10.2. The van der Waals surface area contributed by atoms with Crippen LogP contribution >= 0.6 is 23.1 Å². The van der Waals surface area contributed by atoms with E-state index in [1.54, 1.807) is 30.5 Å². The topological polar surface area (TPSA) is 106 Å². The van der Waals surface area contributed by atoms with Gasteiger partial charge in [-0.05, 0) is 36.4 Å². The Kier molecular flexibility index (Phi) is 6.44. The van der Waals surface area contributed by atoms with Crippen LogP contribution in [-0.4, -0.2) is 34.9 Å². The smallest absolute Gasteiger partial charge is 0.337 e. The van der Waals surface area contributed by atoms with E-state index in [2.05, 4.69) is 25.6 Å². The van der Waals surface area contributed by atoms with Crippen molar-refractivity contribution in [3.8, 4) is 0 Å². The first kappa shape index (κ1) is 18.9. The van der Waals surface area contributed by atoms with Gasteiger partial charge in [-0.1, -0.05) is 23.1 Å². The van der Waals surface area contributed by atoms with Gasteiger partial charge in [0.1, 0.15) is 5.76 Å². The normalized spacial score (nSPS) is 10.4. The number of ether oxygens (including phenoxy) is 1. The Morgan fingerprint density at radius 1 is 1.22 bits per heavy atom. The molecule has 140 valence electrons. The summed E-state index contributed by atoms with van der Waals surface area (Å²) in [6.07, 6.45) is 1.61. The van der Waals surface area contributed by atoms with Gasteiger partial charge >= 0.3 is 5.97 Å². The van der Waals surface area contributed by atoms with Gasteiger partial charge in [-0.15, -0.1) is 10.2 Å². The standard InChI is InChI=1S/C17H16N4O4S2/c1-24-15(23)11-4-6-12(7-5-11)19-14(22)10-26-17-21-20-16(27-17)18-9-13-3-2-8-25-13/h2-8H,9-10H2,1H3,(H,18,20)(H,19,22). The zero-order chi connectivity index (χ0) is 19.1. The molecule has 10 heteroatoms. The quantitative estimate of drug-likeness (QED) is 0.435. The highest BCUT2D eigenvalue weighted by molar-refractivity contribution is 8.01. The second kappa shape index (κ2) is 9.19. The molecule has 0 atom stereocenters. The summed E-state index contributed by atoms with van der Waals surface area (Å²) in [5.74, 6) is 0.408. The largest absolute Gasteiger partial charge is 0.467 e. The molecule has 0 aliphatic heterocycles. The van der Waals surface area contributed by atoms with Crippen LogP contribution in [0, 0.1) is 0 Å². The van der Waals surface area contributed by atoms with Crippen molar-refractivity contribution >= 4 is 45.8 Å². The molecule has 0 aliphatic carbocycles. The van der Waals surface area contributed by atoms with Crippen LogP contribution in [-0.2, 0) is 16.1 Å². The lowest BCUT2D eigenvalue weighted by Gasteiger charge is -2.05. The van der Waals surface area contributed by atoms with E-state index >= 15 is 0 Å². The number of methoxy groups -OCH3 is 1. The van der Waals surface area contributed by atoms with Gasteiger partial charge in [0.2, 0.25) is 11.0 Å². The van der Waals surface area contributed by atoms with Gasteiger partial charge in [-0.2, -0.15) is 0 Å². The molecule has 1 amide bonds. The molecule has 0 fully saturated rings. The maximum Gasteiger partial charge on any atom is 0.337 e. The number of benzene rings is 1. The molecule has 0 unspecified atom stereocenters. The van der Waals surface area contributed by atoms with Gasteiger partial charge in [0.05, 0.1) is 31.2 Å². The SMILES string of the molecule is COC(=O)c1ccc(NC(=O)CSc2nnc(NCc3ccco3)s2)cc1. The fraction of sp³-hybridized carbons (Fsp3) is 0.176. The van der Waals surface area contributed by atoms with Crippen LogP contribution in [0.5, 0.6) is 0 Å². The highest BCUT2D eigenvalue weighted by Crippen LogP contribution is 2.26. The first-order valence-corrected chi connectivity index (χ1v) is 9.65. The van der Waals surface area contributed by atoms with Crippen molar-refractivity contribution < 1.29 is 18.7 Å². The molecular formula is C17H16N4O4S2. The number of nitrogens with zero attached hydrogens (tertiary/aromatic N) is 2. The van der Waals surface area contributed by atoms with Gasteiger partial charge in [-0.3, -0.25) is 4.79 Å². The van der Waals surface area contributed by atoms with E-state index in [-0.39, 0.29) is 11.7 Å². The van der Waals surface area contributed by atoms with Crippen molar-refractivity contribution in [1.29, 1.82) is 0 Å². The number of thioether (sulfide) groups is 1. The summed E-state index contributed by atoms with van der Waals surface area (Å²) >= 11 is 2.67. The van der Waals surface area contributed by atoms with Gasteiger partial charge < -0.3 is 19.8 Å². The Labute approximate surface area is 163 Å². The van der Waals surface area contributed by atoms with E-state index in [0.717, 1.165) is 5.76 Å². The van der Waals surface area contributed by atoms with Crippen LogP contribution < -0.4 is 10.6 Å². The van der Waals surface area contributed by atoms with Crippen LogP contribution in [0.15, 0.2) is 51.4 Å². The number of amides is 1. The average Bonchev–Trinajstić information content (AvgIpc) is 3.36. The number of anilines is 2. The van der Waals surface area contributed by atoms with E-state index in [0.29, 0.717) is 27.3 Å². The highest BCUT2D eigenvalue weighted by Gasteiger charge is 2.10. The maximum atomic E-state index is 12.1. The highest BCUT2D eigenvalue weighted by atomic mass is 32.2. The van der Waals surface area contributed by atoms with Gasteiger partial charge in [0.25, 0.3) is 0 Å². The van der Waals surface area contributed by atoms with Gasteiger partial charge in [0, 0.05) is 5.69 Å². The summed E-state index contributed by atoms with van der Waals surface area (Å²) in [5.41, 5.74) is 1.03. The van der Waals surface area contributed by atoms with Crippen molar-refractivity contribution in [3.63, 3.8) is 0 Å². The molecule has 1 aromatic carbocycles. The average molecular weight is 404 g/mol. The number of aromatic nitrogens is 2. The molecule has 3 rings (SSSR count). The lowest BCUT2D eigenvalue weighted by molar-refractivity contribution is -0.113. The van der Waals surface area contributed by atoms with Crippen molar-refractivity contribution in [2.75, 3.05) is 23.5 Å². The number of esters is 1. The van der Waals surface area contributed by atoms with Crippen LogP contribution in [0.1, 0.15) is 16.1 Å². The predicted molar refractivity (Wildman–Crippen MR) is 103 cm³/mol. The number of rotatable bonds is 8. The fourth-order valence-electron chi connectivity index (χ4n) is 2.05. The van der Waals surface area contributed by atoms with E-state index in [1.807, 2.05) is 12.1 Å². The van der Waals surface area contributed by atoms with Crippen LogP contribution in [0.4, 0.5) is 10.8 Å². The summed E-state index contributed by atoms with van der Waals surface area (Å²) in [6.45, 7) is 0.522. The minimum Gasteiger partial charge on any atom is -0.467 e. The second-order valence-electron chi connectivity index (χ2n) is 5.21. The van der Waals surface area contributed by atoms with E-state index < -0.39 is 5.97 Å². The lowest BCUT2D eigenvalue weighted by Crippen LogP contribution is -2.14. The first-order valence-electron chi connectivity index (χ1n) is 7.85. The molecule has 0 bridgehead atoms. The van der Waals surface area contributed by atoms with E-state index in [1.165, 1.54) is 30.2 Å². The third-order valence-electron chi connectivity index (χ3n) is 3.32. The monoisotopic (exact) mass is 404 g/mol. The van der Waals surface area contributed by atoms with E-state index in [4.69, 9.17) is 4.42 Å². The molecule has 3 aromatic rings. The van der Waals surface area contributed by atoms with Crippen LogP contribution in [0.2, 0.25) is 0 Å². The molecule has 2 N–H and O–H groups in total. The molecule has 27 heavy (non-hydrogen) atoms. The third kappa shape index (κ3) is 5.56. The maximum absolute atomic E-state index is 12.1. The molecular weight excluding hydrogens is 388 g/mol. The second-order valence-corrected chi connectivity index (χ2v) is 7.41. The zero-order valence-corrected chi connectivity index (χ0v) is 15.9. The van der Waals surface area contributed by atoms with Crippen molar-refractivity contribution in [2.24, 2.45) is 0 Å². The van der Waals surface area contributed by atoms with Crippen LogP contribution in [0.25, 0.3) is 0 Å². The summed E-state index contributed by atoms with van der Waals surface area (Å²) in [7, 11) is 1.32. The molecule has 0 spiro atoms. The van der Waals surface area contributed by atoms with Crippen molar-refractivity contribution in [3.05, 3.63) is 54.0 Å². The van der Waals surface area contributed by atoms with Gasteiger partial charge in [-0.25, -0.2) is 4.79 Å². The summed E-state index contributed by atoms with van der Waals surface area (Å²) in [4.78, 5) is 23.4. The Hall–Kier alpha value is -2.85. The number of carbonyl (C=O) groups excluding carboxylic acids is 2. The summed E-state index contributed by atoms with van der Waals surface area (Å²) < 4.78 is 10.6. The Balaban J connectivity index is 1.44. The molecule has 0 saturated carbocycles. The molecule has 0 saturated heterocycles.